The fraction of sp³-hybridized carbons (Fsp3) is 0.647. The molecule has 0 fully saturated rings. The number of hydrogen-bond donors (Lipinski definition) is 1. The predicted molar refractivity (Wildman–Crippen MR) is 84.0 cm³/mol. The van der Waals surface area contributed by atoms with Crippen molar-refractivity contribution >= 4 is 0 Å². The second-order valence-corrected chi connectivity index (χ2v) is 6.42. The molecule has 2 unspecified atom stereocenters. The van der Waals surface area contributed by atoms with Crippen molar-refractivity contribution in [3.63, 3.8) is 0 Å². The molecule has 0 amide bonds. The van der Waals surface area contributed by atoms with Crippen LogP contribution >= 0.6 is 0 Å². The lowest BCUT2D eigenvalue weighted by Gasteiger charge is -2.27. The molecule has 3 heteroatoms. The quantitative estimate of drug-likeness (QED) is 0.822. The van der Waals surface area contributed by atoms with Crippen LogP contribution < -0.4 is 10.5 Å². The lowest BCUT2D eigenvalue weighted by atomic mass is 9.93. The van der Waals surface area contributed by atoms with Crippen molar-refractivity contribution in [3.05, 3.63) is 29.8 Å². The predicted octanol–water partition coefficient (Wildman–Crippen LogP) is 3.93. The second kappa shape index (κ2) is 7.65. The third kappa shape index (κ3) is 5.14. The van der Waals surface area contributed by atoms with Crippen molar-refractivity contribution in [2.24, 2.45) is 11.1 Å². The summed E-state index contributed by atoms with van der Waals surface area (Å²) in [4.78, 5) is 0. The average Bonchev–Trinajstić information content (AvgIpc) is 2.41. The van der Waals surface area contributed by atoms with E-state index in [9.17, 15) is 0 Å². The van der Waals surface area contributed by atoms with Crippen LogP contribution in [0.1, 0.15) is 52.2 Å². The summed E-state index contributed by atoms with van der Waals surface area (Å²) in [6, 6.07) is 7.94. The van der Waals surface area contributed by atoms with Crippen molar-refractivity contribution < 1.29 is 9.47 Å². The largest absolute Gasteiger partial charge is 0.496 e. The molecule has 0 aliphatic rings. The molecule has 3 nitrogen and oxygen atoms in total. The first-order valence-corrected chi connectivity index (χ1v) is 7.39. The lowest BCUT2D eigenvalue weighted by molar-refractivity contribution is 0.0186. The van der Waals surface area contributed by atoms with Crippen LogP contribution in [0.2, 0.25) is 0 Å². The van der Waals surface area contributed by atoms with Crippen molar-refractivity contribution in [1.82, 2.24) is 0 Å². The molecule has 20 heavy (non-hydrogen) atoms. The zero-order valence-corrected chi connectivity index (χ0v) is 13.5. The summed E-state index contributed by atoms with van der Waals surface area (Å²) in [7, 11) is 1.68. The van der Waals surface area contributed by atoms with Crippen LogP contribution in [-0.4, -0.2) is 19.8 Å². The molecule has 2 atom stereocenters. The minimum absolute atomic E-state index is 0.0220. The summed E-state index contributed by atoms with van der Waals surface area (Å²) < 4.78 is 11.5. The molecule has 0 spiro atoms. The molecule has 1 aromatic rings. The maximum atomic E-state index is 6.24. The summed E-state index contributed by atoms with van der Waals surface area (Å²) in [6.45, 7) is 9.44. The minimum Gasteiger partial charge on any atom is -0.496 e. The topological polar surface area (TPSA) is 44.5 Å². The molecule has 1 rings (SSSR count). The molecule has 0 saturated carbocycles. The van der Waals surface area contributed by atoms with Crippen LogP contribution in [0.25, 0.3) is 0 Å². The van der Waals surface area contributed by atoms with Crippen LogP contribution in [0.3, 0.4) is 0 Å². The average molecular weight is 279 g/mol. The van der Waals surface area contributed by atoms with E-state index in [2.05, 4.69) is 27.7 Å². The Kier molecular flexibility index (Phi) is 6.50. The van der Waals surface area contributed by atoms with Gasteiger partial charge in [-0.15, -0.1) is 0 Å². The van der Waals surface area contributed by atoms with E-state index in [1.165, 1.54) is 0 Å². The summed E-state index contributed by atoms with van der Waals surface area (Å²) in [5.41, 5.74) is 7.55. The Hall–Kier alpha value is -1.06. The smallest absolute Gasteiger partial charge is 0.124 e. The molecule has 2 N–H and O–H groups in total. The summed E-state index contributed by atoms with van der Waals surface area (Å²) in [6.07, 6.45) is 1.77. The van der Waals surface area contributed by atoms with E-state index in [-0.39, 0.29) is 17.6 Å². The van der Waals surface area contributed by atoms with E-state index in [0.717, 1.165) is 24.2 Å². The van der Waals surface area contributed by atoms with Crippen LogP contribution in [0.15, 0.2) is 24.3 Å². The Balaban J connectivity index is 2.84. The zero-order chi connectivity index (χ0) is 15.2. The van der Waals surface area contributed by atoms with Gasteiger partial charge in [0.1, 0.15) is 11.9 Å². The fourth-order valence-electron chi connectivity index (χ4n) is 2.05. The Morgan fingerprint density at radius 3 is 2.40 bits per heavy atom. The van der Waals surface area contributed by atoms with Gasteiger partial charge in [0.05, 0.1) is 7.11 Å². The number of ether oxygens (including phenoxy) is 2. The van der Waals surface area contributed by atoms with Gasteiger partial charge >= 0.3 is 0 Å². The monoisotopic (exact) mass is 279 g/mol. The summed E-state index contributed by atoms with van der Waals surface area (Å²) in [5.74, 6) is 0.845. The highest BCUT2D eigenvalue weighted by molar-refractivity contribution is 5.35. The third-order valence-corrected chi connectivity index (χ3v) is 3.46. The molecular formula is C17H29NO2. The summed E-state index contributed by atoms with van der Waals surface area (Å²) >= 11 is 0. The molecule has 0 radical (unpaired) electrons. The van der Waals surface area contributed by atoms with Crippen molar-refractivity contribution in [2.75, 3.05) is 13.7 Å². The Labute approximate surface area is 123 Å². The summed E-state index contributed by atoms with van der Waals surface area (Å²) in [5, 5.41) is 0. The van der Waals surface area contributed by atoms with Gasteiger partial charge in [-0.25, -0.2) is 0 Å². The number of nitrogens with two attached hydrogens (primary N) is 1. The van der Waals surface area contributed by atoms with Gasteiger partial charge in [-0.1, -0.05) is 45.9 Å². The maximum absolute atomic E-state index is 6.24. The Morgan fingerprint density at radius 1 is 1.20 bits per heavy atom. The van der Waals surface area contributed by atoms with Crippen LogP contribution in [0.4, 0.5) is 0 Å². The van der Waals surface area contributed by atoms with Crippen molar-refractivity contribution in [3.8, 4) is 5.75 Å². The first-order valence-electron chi connectivity index (χ1n) is 7.39. The highest BCUT2D eigenvalue weighted by Gasteiger charge is 2.23. The lowest BCUT2D eigenvalue weighted by Crippen LogP contribution is -2.30. The van der Waals surface area contributed by atoms with Crippen LogP contribution in [0, 0.1) is 5.41 Å². The Morgan fingerprint density at radius 2 is 1.85 bits per heavy atom. The number of methoxy groups -OCH3 is 1. The van der Waals surface area contributed by atoms with Gasteiger partial charge in [-0.2, -0.15) is 0 Å². The van der Waals surface area contributed by atoms with E-state index < -0.39 is 0 Å². The van der Waals surface area contributed by atoms with Gasteiger partial charge in [0.2, 0.25) is 0 Å². The SMILES string of the molecule is CCC(N)C(OCCC(C)(C)C)c1ccccc1OC. The maximum Gasteiger partial charge on any atom is 0.124 e. The zero-order valence-electron chi connectivity index (χ0n) is 13.5. The molecule has 1 aromatic carbocycles. The molecule has 114 valence electrons. The first kappa shape index (κ1) is 17.0. The normalized spacial score (nSPS) is 14.9. The van der Waals surface area contributed by atoms with E-state index in [4.69, 9.17) is 15.2 Å². The van der Waals surface area contributed by atoms with E-state index in [1.807, 2.05) is 24.3 Å². The highest BCUT2D eigenvalue weighted by atomic mass is 16.5. The van der Waals surface area contributed by atoms with Gasteiger partial charge in [0.25, 0.3) is 0 Å². The second-order valence-electron chi connectivity index (χ2n) is 6.42. The third-order valence-electron chi connectivity index (χ3n) is 3.46. The number of para-hydroxylation sites is 1. The first-order chi connectivity index (χ1) is 9.39. The molecule has 0 bridgehead atoms. The molecule has 0 aliphatic heterocycles. The van der Waals surface area contributed by atoms with Gasteiger partial charge < -0.3 is 15.2 Å². The number of rotatable bonds is 7. The highest BCUT2D eigenvalue weighted by Crippen LogP contribution is 2.31. The van der Waals surface area contributed by atoms with Crippen LogP contribution in [-0.2, 0) is 4.74 Å². The van der Waals surface area contributed by atoms with Crippen molar-refractivity contribution in [1.29, 1.82) is 0 Å². The Bertz CT molecular complexity index is 398. The van der Waals surface area contributed by atoms with Gasteiger partial charge in [0.15, 0.2) is 0 Å². The molecule has 0 aliphatic carbocycles. The molecule has 0 aromatic heterocycles. The number of hydrogen-bond acceptors (Lipinski definition) is 3. The minimum atomic E-state index is -0.113. The standard InChI is InChI=1S/C17H29NO2/c1-6-14(18)16(20-12-11-17(2,3)4)13-9-7-8-10-15(13)19-5/h7-10,14,16H,6,11-12,18H2,1-5H3. The molecular weight excluding hydrogens is 250 g/mol. The molecule has 0 heterocycles. The van der Waals surface area contributed by atoms with Gasteiger partial charge in [-0.3, -0.25) is 0 Å². The van der Waals surface area contributed by atoms with E-state index in [0.29, 0.717) is 6.61 Å². The van der Waals surface area contributed by atoms with E-state index in [1.54, 1.807) is 7.11 Å². The fourth-order valence-corrected chi connectivity index (χ4v) is 2.05. The van der Waals surface area contributed by atoms with E-state index >= 15 is 0 Å². The number of benzene rings is 1. The van der Waals surface area contributed by atoms with Gasteiger partial charge in [-0.05, 0) is 24.3 Å². The van der Waals surface area contributed by atoms with Crippen LogP contribution in [0.5, 0.6) is 5.75 Å². The van der Waals surface area contributed by atoms with Gasteiger partial charge in [0, 0.05) is 18.2 Å². The molecule has 0 saturated heterocycles. The van der Waals surface area contributed by atoms with Crippen molar-refractivity contribution in [2.45, 2.75) is 52.7 Å².